The maximum absolute atomic E-state index is 12.4. The number of nitro groups is 1. The number of halogens is 1. The van der Waals surface area contributed by atoms with Crippen molar-refractivity contribution in [1.82, 2.24) is 19.4 Å². The predicted molar refractivity (Wildman–Crippen MR) is 116 cm³/mol. The van der Waals surface area contributed by atoms with Crippen molar-refractivity contribution in [1.29, 1.82) is 0 Å². The zero-order chi connectivity index (χ0) is 22.0. The molecule has 0 spiro atoms. The molecule has 0 aliphatic carbocycles. The number of benzene rings is 2. The molecule has 0 N–H and O–H groups in total. The molecular formula is C21H22ClN5O4. The van der Waals surface area contributed by atoms with Crippen LogP contribution in [0, 0.1) is 10.1 Å². The van der Waals surface area contributed by atoms with Crippen molar-refractivity contribution in [3.05, 3.63) is 63.4 Å². The quantitative estimate of drug-likeness (QED) is 0.429. The van der Waals surface area contributed by atoms with Crippen molar-refractivity contribution in [2.24, 2.45) is 7.05 Å². The summed E-state index contributed by atoms with van der Waals surface area (Å²) in [4.78, 5) is 31.6. The van der Waals surface area contributed by atoms with Gasteiger partial charge in [-0.3, -0.25) is 19.8 Å². The third-order valence-corrected chi connectivity index (χ3v) is 5.69. The topological polar surface area (TPSA) is 93.7 Å². The highest BCUT2D eigenvalue weighted by Gasteiger charge is 2.23. The minimum Gasteiger partial charge on any atom is -0.484 e. The second-order valence-electron chi connectivity index (χ2n) is 7.42. The zero-order valence-corrected chi connectivity index (χ0v) is 17.8. The highest BCUT2D eigenvalue weighted by atomic mass is 35.5. The molecule has 1 aliphatic heterocycles. The van der Waals surface area contributed by atoms with Crippen LogP contribution in [0.3, 0.4) is 0 Å². The van der Waals surface area contributed by atoms with Crippen molar-refractivity contribution in [2.75, 3.05) is 32.8 Å². The third-order valence-electron chi connectivity index (χ3n) is 5.43. The van der Waals surface area contributed by atoms with Gasteiger partial charge < -0.3 is 14.2 Å². The van der Waals surface area contributed by atoms with Crippen LogP contribution in [-0.2, 0) is 18.4 Å². The van der Waals surface area contributed by atoms with Crippen LogP contribution in [0.15, 0.2) is 42.5 Å². The number of hydrogen-bond acceptors (Lipinski definition) is 6. The lowest BCUT2D eigenvalue weighted by atomic mass is 10.3. The van der Waals surface area contributed by atoms with E-state index in [0.717, 1.165) is 24.4 Å². The molecule has 2 heterocycles. The number of ether oxygens (including phenoxy) is 1. The Labute approximate surface area is 183 Å². The minimum absolute atomic E-state index is 0.00876. The predicted octanol–water partition coefficient (Wildman–Crippen LogP) is 2.86. The summed E-state index contributed by atoms with van der Waals surface area (Å²) >= 11 is 5.85. The van der Waals surface area contributed by atoms with Crippen LogP contribution in [-0.4, -0.2) is 63.0 Å². The summed E-state index contributed by atoms with van der Waals surface area (Å²) in [7, 11) is 1.91. The first-order valence-electron chi connectivity index (χ1n) is 9.89. The number of carbonyl (C=O) groups is 1. The molecule has 31 heavy (non-hydrogen) atoms. The van der Waals surface area contributed by atoms with E-state index >= 15 is 0 Å². The molecule has 1 amide bonds. The average Bonchev–Trinajstić information content (AvgIpc) is 3.08. The van der Waals surface area contributed by atoms with E-state index < -0.39 is 4.92 Å². The number of nitrogens with zero attached hydrogens (tertiary/aromatic N) is 5. The molecule has 0 bridgehead atoms. The summed E-state index contributed by atoms with van der Waals surface area (Å²) in [5.41, 5.74) is 1.50. The number of non-ortho nitro benzene ring substituents is 1. The van der Waals surface area contributed by atoms with Crippen LogP contribution in [0.5, 0.6) is 5.75 Å². The van der Waals surface area contributed by atoms with Gasteiger partial charge in [-0.2, -0.15) is 0 Å². The summed E-state index contributed by atoms with van der Waals surface area (Å²) < 4.78 is 7.50. The lowest BCUT2D eigenvalue weighted by Gasteiger charge is -2.34. The molecule has 9 nitrogen and oxygen atoms in total. The molecule has 1 aliphatic rings. The minimum atomic E-state index is -0.416. The Morgan fingerprint density at radius 1 is 1.16 bits per heavy atom. The SMILES string of the molecule is Cn1c(CN2CCN(C(=O)COc3ccc(Cl)cc3)CC2)nc2cc([N+](=O)[O-])ccc21. The van der Waals surface area contributed by atoms with Crippen LogP contribution in [0.25, 0.3) is 11.0 Å². The fourth-order valence-electron chi connectivity index (χ4n) is 3.62. The van der Waals surface area contributed by atoms with Gasteiger partial charge in [-0.25, -0.2) is 4.98 Å². The molecule has 1 saturated heterocycles. The number of imidazole rings is 1. The molecule has 1 fully saturated rings. The number of aromatic nitrogens is 2. The van der Waals surface area contributed by atoms with E-state index in [0.29, 0.717) is 35.9 Å². The first kappa shape index (κ1) is 21.1. The van der Waals surface area contributed by atoms with Gasteiger partial charge >= 0.3 is 0 Å². The number of aryl methyl sites for hydroxylation is 1. The highest BCUT2D eigenvalue weighted by molar-refractivity contribution is 6.30. The summed E-state index contributed by atoms with van der Waals surface area (Å²) in [5.74, 6) is 1.39. The van der Waals surface area contributed by atoms with Crippen molar-refractivity contribution >= 4 is 34.2 Å². The molecule has 4 rings (SSSR count). The van der Waals surface area contributed by atoms with Crippen molar-refractivity contribution in [2.45, 2.75) is 6.54 Å². The molecule has 0 unspecified atom stereocenters. The molecule has 162 valence electrons. The van der Waals surface area contributed by atoms with E-state index in [4.69, 9.17) is 16.3 Å². The number of hydrogen-bond donors (Lipinski definition) is 0. The molecule has 0 radical (unpaired) electrons. The lowest BCUT2D eigenvalue weighted by molar-refractivity contribution is -0.384. The van der Waals surface area contributed by atoms with Gasteiger partial charge in [-0.1, -0.05) is 11.6 Å². The van der Waals surface area contributed by atoms with Gasteiger partial charge in [0.2, 0.25) is 0 Å². The van der Waals surface area contributed by atoms with E-state index in [1.165, 1.54) is 12.1 Å². The monoisotopic (exact) mass is 443 g/mol. The molecule has 10 heteroatoms. The molecular weight excluding hydrogens is 422 g/mol. The van der Waals surface area contributed by atoms with Gasteiger partial charge in [-0.05, 0) is 30.3 Å². The molecule has 3 aromatic rings. The average molecular weight is 444 g/mol. The molecule has 0 saturated carbocycles. The smallest absolute Gasteiger partial charge is 0.271 e. The van der Waals surface area contributed by atoms with Crippen molar-refractivity contribution in [3.8, 4) is 5.75 Å². The first-order valence-corrected chi connectivity index (χ1v) is 10.3. The van der Waals surface area contributed by atoms with Crippen molar-refractivity contribution < 1.29 is 14.5 Å². The second kappa shape index (κ2) is 8.91. The Hall–Kier alpha value is -3.17. The Morgan fingerprint density at radius 3 is 2.55 bits per heavy atom. The summed E-state index contributed by atoms with van der Waals surface area (Å²) in [5, 5.41) is 11.6. The zero-order valence-electron chi connectivity index (χ0n) is 17.0. The fourth-order valence-corrected chi connectivity index (χ4v) is 3.74. The van der Waals surface area contributed by atoms with Crippen LogP contribution in [0.4, 0.5) is 5.69 Å². The number of amides is 1. The van der Waals surface area contributed by atoms with Crippen molar-refractivity contribution in [3.63, 3.8) is 0 Å². The summed E-state index contributed by atoms with van der Waals surface area (Å²) in [6.45, 7) is 3.26. The fraction of sp³-hybridized carbons (Fsp3) is 0.333. The number of fused-ring (bicyclic) bond motifs is 1. The molecule has 1 aromatic heterocycles. The highest BCUT2D eigenvalue weighted by Crippen LogP contribution is 2.22. The summed E-state index contributed by atoms with van der Waals surface area (Å²) in [6.07, 6.45) is 0. The maximum Gasteiger partial charge on any atom is 0.271 e. The Bertz CT molecular complexity index is 1110. The van der Waals surface area contributed by atoms with E-state index in [2.05, 4.69) is 9.88 Å². The van der Waals surface area contributed by atoms with Gasteiger partial charge in [-0.15, -0.1) is 0 Å². The van der Waals surface area contributed by atoms with Gasteiger partial charge in [0.15, 0.2) is 6.61 Å². The largest absolute Gasteiger partial charge is 0.484 e. The Kier molecular flexibility index (Phi) is 6.06. The van der Waals surface area contributed by atoms with E-state index in [-0.39, 0.29) is 18.2 Å². The standard InChI is InChI=1S/C21H22ClN5O4/c1-24-19-7-4-16(27(29)30)12-18(19)23-20(24)13-25-8-10-26(11-9-25)21(28)14-31-17-5-2-15(22)3-6-17/h2-7,12H,8-11,13-14H2,1H3. The molecule has 0 atom stereocenters. The van der Waals surface area contributed by atoms with Gasteiger partial charge in [0.1, 0.15) is 11.6 Å². The summed E-state index contributed by atoms with van der Waals surface area (Å²) in [6, 6.07) is 11.6. The van der Waals surface area contributed by atoms with E-state index in [1.54, 1.807) is 35.2 Å². The van der Waals surface area contributed by atoms with E-state index in [9.17, 15) is 14.9 Å². The maximum atomic E-state index is 12.4. The van der Waals surface area contributed by atoms with Gasteiger partial charge in [0.25, 0.3) is 11.6 Å². The Morgan fingerprint density at radius 2 is 1.87 bits per heavy atom. The normalized spacial score (nSPS) is 14.7. The van der Waals surface area contributed by atoms with Gasteiger partial charge in [0.05, 0.1) is 22.5 Å². The van der Waals surface area contributed by atoms with Crippen LogP contribution in [0.2, 0.25) is 5.02 Å². The lowest BCUT2D eigenvalue weighted by Crippen LogP contribution is -2.49. The number of carbonyl (C=O) groups excluding carboxylic acids is 1. The van der Waals surface area contributed by atoms with E-state index in [1.807, 2.05) is 11.6 Å². The van der Waals surface area contributed by atoms with Gasteiger partial charge in [0, 0.05) is 50.4 Å². The number of nitro benzene ring substituents is 1. The van der Waals surface area contributed by atoms with Crippen LogP contribution >= 0.6 is 11.6 Å². The first-order chi connectivity index (χ1) is 14.9. The number of rotatable bonds is 6. The van der Waals surface area contributed by atoms with Crippen LogP contribution < -0.4 is 4.74 Å². The molecule has 2 aromatic carbocycles. The number of piperazine rings is 1. The third kappa shape index (κ3) is 4.78. The van der Waals surface area contributed by atoms with Crippen LogP contribution in [0.1, 0.15) is 5.82 Å². The second-order valence-corrected chi connectivity index (χ2v) is 7.85. The Balaban J connectivity index is 1.31.